The van der Waals surface area contributed by atoms with Crippen molar-refractivity contribution < 1.29 is 9.53 Å². The van der Waals surface area contributed by atoms with Crippen molar-refractivity contribution in [2.75, 3.05) is 17.8 Å². The van der Waals surface area contributed by atoms with Crippen LogP contribution in [0.2, 0.25) is 0 Å². The van der Waals surface area contributed by atoms with E-state index in [1.165, 1.54) is 73.8 Å². The number of ether oxygens (including phenoxy) is 1. The molecule has 1 amide bonds. The number of nitrogens with zero attached hydrogens (tertiary/aromatic N) is 1. The Balaban J connectivity index is 0.00000588. The van der Waals surface area contributed by atoms with Crippen LogP contribution in [0.15, 0.2) is 53.6 Å². The molecule has 0 bridgehead atoms. The highest BCUT2D eigenvalue weighted by Crippen LogP contribution is 2.33. The maximum Gasteiger partial charge on any atom is 0.228 e. The maximum atomic E-state index is 13.0. The van der Waals surface area contributed by atoms with Crippen molar-refractivity contribution >= 4 is 40.3 Å². The number of carbonyl (C=O) groups is 1. The van der Waals surface area contributed by atoms with Crippen molar-refractivity contribution in [3.05, 3.63) is 70.3 Å². The Morgan fingerprint density at radius 3 is 2.24 bits per heavy atom. The van der Waals surface area contributed by atoms with Crippen LogP contribution in [0.3, 0.4) is 0 Å². The van der Waals surface area contributed by atoms with Crippen molar-refractivity contribution in [1.29, 1.82) is 0 Å². The van der Waals surface area contributed by atoms with Crippen LogP contribution in [-0.4, -0.2) is 23.3 Å². The van der Waals surface area contributed by atoms with Gasteiger partial charge in [-0.25, -0.2) is 0 Å². The van der Waals surface area contributed by atoms with Crippen molar-refractivity contribution in [2.45, 2.75) is 117 Å². The minimum Gasteiger partial charge on any atom is -0.493 e. The molecule has 0 radical (unpaired) electrons. The second kappa shape index (κ2) is 18.6. The number of amides is 1. The van der Waals surface area contributed by atoms with E-state index in [0.717, 1.165) is 42.4 Å². The topological polar surface area (TPSA) is 41.6 Å². The van der Waals surface area contributed by atoms with Gasteiger partial charge in [-0.05, 0) is 58.6 Å². The summed E-state index contributed by atoms with van der Waals surface area (Å²) in [4.78, 5) is 16.6. The molecule has 3 rings (SSSR count). The molecule has 228 valence electrons. The number of halogens is 1. The number of hydrogen-bond donors (Lipinski definition) is 1. The molecule has 0 saturated heterocycles. The van der Waals surface area contributed by atoms with E-state index < -0.39 is 0 Å². The van der Waals surface area contributed by atoms with E-state index in [-0.39, 0.29) is 28.3 Å². The summed E-state index contributed by atoms with van der Waals surface area (Å²) in [6.07, 6.45) is 15.7. The highest BCUT2D eigenvalue weighted by atomic mass is 79.9. The van der Waals surface area contributed by atoms with Gasteiger partial charge in [0.15, 0.2) is 0 Å². The number of benzene rings is 2. The van der Waals surface area contributed by atoms with E-state index in [1.807, 2.05) is 23.9 Å². The first-order valence-corrected chi connectivity index (χ1v) is 16.4. The van der Waals surface area contributed by atoms with E-state index in [1.54, 1.807) is 0 Å². The summed E-state index contributed by atoms with van der Waals surface area (Å²) in [5.74, 6) is 1.90. The Morgan fingerprint density at radius 2 is 1.61 bits per heavy atom. The Hall–Kier alpha value is -1.92. The molecule has 0 aliphatic carbocycles. The minimum absolute atomic E-state index is 0. The van der Waals surface area contributed by atoms with Gasteiger partial charge in [-0.3, -0.25) is 4.79 Å². The smallest absolute Gasteiger partial charge is 0.228 e. The van der Waals surface area contributed by atoms with Gasteiger partial charge < -0.3 is 15.0 Å². The molecule has 0 aromatic heterocycles. The zero-order valence-electron chi connectivity index (χ0n) is 26.1. The zero-order valence-corrected chi connectivity index (χ0v) is 28.6. The molecule has 2 aromatic rings. The number of unbranched alkanes of at least 4 members (excludes halogenated alkanes) is 9. The molecule has 0 fully saturated rings. The summed E-state index contributed by atoms with van der Waals surface area (Å²) in [5, 5.41) is 3.10. The highest BCUT2D eigenvalue weighted by Gasteiger charge is 2.20. The Labute approximate surface area is 264 Å². The average molecular weight is 646 g/mol. The molecule has 41 heavy (non-hydrogen) atoms. The number of allylic oxidation sites excluding steroid dienone is 1. The zero-order chi connectivity index (χ0) is 28.8. The predicted molar refractivity (Wildman–Crippen MR) is 183 cm³/mol. The third kappa shape index (κ3) is 13.3. The summed E-state index contributed by atoms with van der Waals surface area (Å²) in [6, 6.07) is 14.5. The number of nitrogens with one attached hydrogen (secondary N) is 1. The van der Waals surface area contributed by atoms with Gasteiger partial charge >= 0.3 is 0 Å². The molecular weight excluding hydrogens is 592 g/mol. The first kappa shape index (κ1) is 35.3. The van der Waals surface area contributed by atoms with Crippen molar-refractivity contribution in [1.82, 2.24) is 4.90 Å². The second-order valence-corrected chi connectivity index (χ2v) is 13.5. The van der Waals surface area contributed by atoms with Crippen molar-refractivity contribution in [2.24, 2.45) is 0 Å². The fraction of sp³-hybridized carbons (Fsp3) is 0.571. The molecule has 4 nitrogen and oxygen atoms in total. The normalized spacial score (nSPS) is 13.1. The largest absolute Gasteiger partial charge is 0.493 e. The molecule has 1 heterocycles. The van der Waals surface area contributed by atoms with Gasteiger partial charge in [-0.1, -0.05) is 110 Å². The van der Waals surface area contributed by atoms with Crippen LogP contribution in [0, 0.1) is 0 Å². The van der Waals surface area contributed by atoms with Gasteiger partial charge in [0.05, 0.1) is 18.9 Å². The first-order chi connectivity index (χ1) is 19.2. The molecule has 0 spiro atoms. The molecule has 0 atom stereocenters. The van der Waals surface area contributed by atoms with E-state index in [0.29, 0.717) is 6.42 Å². The van der Waals surface area contributed by atoms with E-state index in [9.17, 15) is 4.79 Å². The molecule has 0 saturated carbocycles. The molecule has 1 aliphatic rings. The lowest BCUT2D eigenvalue weighted by Gasteiger charge is -2.23. The fourth-order valence-corrected chi connectivity index (χ4v) is 5.93. The lowest BCUT2D eigenvalue weighted by atomic mass is 9.85. The van der Waals surface area contributed by atoms with Gasteiger partial charge in [0.1, 0.15) is 5.75 Å². The van der Waals surface area contributed by atoms with Crippen LogP contribution >= 0.6 is 28.7 Å². The molecule has 1 aliphatic heterocycles. The van der Waals surface area contributed by atoms with Crippen LogP contribution < -0.4 is 10.1 Å². The standard InChI is InChI=1S/C35H52N2O2S.BrH/c1-6-7-8-9-10-11-12-13-14-15-21-39-33-23-29(19-20-32(33)35(3,4)5)24-34(38)36-31-18-16-17-30(22-31)26-37-25-28(2)40-27-37;/h16-20,22-23,25H,6-15,21,24,26-27H2,1-5H3,(H,36,38);1H. The molecular formula is C35H53BrN2O2S. The Bertz CT molecular complexity index is 1100. The van der Waals surface area contributed by atoms with Crippen LogP contribution in [0.25, 0.3) is 0 Å². The van der Waals surface area contributed by atoms with Gasteiger partial charge in [-0.2, -0.15) is 0 Å². The average Bonchev–Trinajstić information content (AvgIpc) is 3.31. The number of rotatable bonds is 17. The SMILES string of the molecule is Br.CCCCCCCCCCCCOc1cc(CC(=O)Nc2cccc(CN3C=C(C)SC3)c2)ccc1C(C)(C)C. The predicted octanol–water partition coefficient (Wildman–Crippen LogP) is 10.4. The van der Waals surface area contributed by atoms with Crippen LogP contribution in [-0.2, 0) is 23.2 Å². The molecule has 1 N–H and O–H groups in total. The number of hydrogen-bond acceptors (Lipinski definition) is 4. The summed E-state index contributed by atoms with van der Waals surface area (Å²) in [6.45, 7) is 12.6. The number of carbonyl (C=O) groups excluding carboxylic acids is 1. The maximum absolute atomic E-state index is 13.0. The fourth-order valence-electron chi connectivity index (χ4n) is 5.17. The summed E-state index contributed by atoms with van der Waals surface area (Å²) in [5.41, 5.74) is 4.20. The second-order valence-electron chi connectivity index (χ2n) is 12.3. The number of anilines is 1. The summed E-state index contributed by atoms with van der Waals surface area (Å²) >= 11 is 1.86. The lowest BCUT2D eigenvalue weighted by Crippen LogP contribution is -2.17. The summed E-state index contributed by atoms with van der Waals surface area (Å²) in [7, 11) is 0. The van der Waals surface area contributed by atoms with Gasteiger partial charge in [0.25, 0.3) is 0 Å². The third-order valence-electron chi connectivity index (χ3n) is 7.39. The van der Waals surface area contributed by atoms with Crippen molar-refractivity contribution in [3.8, 4) is 5.75 Å². The van der Waals surface area contributed by atoms with Crippen LogP contribution in [0.1, 0.15) is 116 Å². The monoisotopic (exact) mass is 644 g/mol. The van der Waals surface area contributed by atoms with Crippen LogP contribution in [0.4, 0.5) is 5.69 Å². The molecule has 0 unspecified atom stereocenters. The van der Waals surface area contributed by atoms with Gasteiger partial charge in [0, 0.05) is 18.4 Å². The third-order valence-corrected chi connectivity index (χ3v) is 8.41. The molecule has 6 heteroatoms. The number of thioether (sulfide) groups is 1. The van der Waals surface area contributed by atoms with E-state index in [4.69, 9.17) is 4.74 Å². The Morgan fingerprint density at radius 1 is 0.927 bits per heavy atom. The quantitative estimate of drug-likeness (QED) is 0.174. The van der Waals surface area contributed by atoms with Crippen molar-refractivity contribution in [3.63, 3.8) is 0 Å². The lowest BCUT2D eigenvalue weighted by molar-refractivity contribution is -0.115. The summed E-state index contributed by atoms with van der Waals surface area (Å²) < 4.78 is 6.32. The minimum atomic E-state index is -0.0179. The molecule has 2 aromatic carbocycles. The van der Waals surface area contributed by atoms with E-state index >= 15 is 0 Å². The van der Waals surface area contributed by atoms with Gasteiger partial charge in [0.2, 0.25) is 5.91 Å². The van der Waals surface area contributed by atoms with Crippen LogP contribution in [0.5, 0.6) is 5.75 Å². The first-order valence-electron chi connectivity index (χ1n) is 15.4. The van der Waals surface area contributed by atoms with E-state index in [2.05, 4.69) is 81.4 Å². The van der Waals surface area contributed by atoms with Gasteiger partial charge in [-0.15, -0.1) is 28.7 Å². The Kier molecular flexibility index (Phi) is 16.0. The highest BCUT2D eigenvalue weighted by molar-refractivity contribution is 8.93.